The Kier molecular flexibility index (Phi) is 6.76. The molecule has 4 nitrogen and oxygen atoms in total. The van der Waals surface area contributed by atoms with Gasteiger partial charge in [0, 0.05) is 5.02 Å². The van der Waals surface area contributed by atoms with Crippen molar-refractivity contribution in [2.45, 2.75) is 20.3 Å². The van der Waals surface area contributed by atoms with Crippen molar-refractivity contribution in [3.63, 3.8) is 0 Å². The summed E-state index contributed by atoms with van der Waals surface area (Å²) in [4.78, 5) is 0. The number of hydrogen-bond acceptors (Lipinski definition) is 4. The van der Waals surface area contributed by atoms with Crippen molar-refractivity contribution < 1.29 is 9.47 Å². The predicted octanol–water partition coefficient (Wildman–Crippen LogP) is 4.97. The van der Waals surface area contributed by atoms with Gasteiger partial charge in [0.1, 0.15) is 0 Å². The number of benzene rings is 2. The second-order valence-corrected chi connectivity index (χ2v) is 5.30. The van der Waals surface area contributed by atoms with Crippen molar-refractivity contribution in [3.05, 3.63) is 53.1 Å². The zero-order valence-electron chi connectivity index (χ0n) is 13.4. The Morgan fingerprint density at radius 3 is 2.52 bits per heavy atom. The average Bonchev–Trinajstić information content (AvgIpc) is 2.56. The number of nitrogens with one attached hydrogen (secondary N) is 1. The van der Waals surface area contributed by atoms with E-state index in [0.29, 0.717) is 18.2 Å². The second kappa shape index (κ2) is 9.06. The van der Waals surface area contributed by atoms with Gasteiger partial charge in [-0.15, -0.1) is 0 Å². The van der Waals surface area contributed by atoms with Crippen LogP contribution in [0.25, 0.3) is 0 Å². The predicted molar refractivity (Wildman–Crippen MR) is 96.1 cm³/mol. The van der Waals surface area contributed by atoms with Gasteiger partial charge in [0.15, 0.2) is 11.5 Å². The first kappa shape index (κ1) is 17.2. The fourth-order valence-corrected chi connectivity index (χ4v) is 2.04. The molecule has 0 saturated heterocycles. The molecule has 0 aliphatic heterocycles. The van der Waals surface area contributed by atoms with Gasteiger partial charge in [0.2, 0.25) is 0 Å². The van der Waals surface area contributed by atoms with Crippen LogP contribution in [0.5, 0.6) is 11.5 Å². The summed E-state index contributed by atoms with van der Waals surface area (Å²) in [5.74, 6) is 1.49. The molecule has 0 saturated carbocycles. The van der Waals surface area contributed by atoms with Crippen LogP contribution in [-0.4, -0.2) is 19.4 Å². The van der Waals surface area contributed by atoms with E-state index in [1.165, 1.54) is 0 Å². The molecule has 5 heteroatoms. The van der Waals surface area contributed by atoms with E-state index in [9.17, 15) is 0 Å². The summed E-state index contributed by atoms with van der Waals surface area (Å²) >= 11 is 5.85. The standard InChI is InChI=1S/C18H21ClN2O2/c1-3-11-23-17-10-5-14(12-18(17)22-4-2)13-20-21-16-8-6-15(19)7-9-16/h5-10,12-13,21H,3-4,11H2,1-2H3/b20-13+. The Labute approximate surface area is 142 Å². The molecule has 0 aliphatic rings. The van der Waals surface area contributed by atoms with Crippen LogP contribution in [0.2, 0.25) is 5.02 Å². The zero-order chi connectivity index (χ0) is 16.5. The van der Waals surface area contributed by atoms with E-state index in [1.54, 1.807) is 6.21 Å². The zero-order valence-corrected chi connectivity index (χ0v) is 14.1. The molecule has 1 N–H and O–H groups in total. The number of anilines is 1. The number of nitrogens with zero attached hydrogens (tertiary/aromatic N) is 1. The molecule has 23 heavy (non-hydrogen) atoms. The van der Waals surface area contributed by atoms with Gasteiger partial charge in [0.25, 0.3) is 0 Å². The Hall–Kier alpha value is -2.20. The number of ether oxygens (including phenoxy) is 2. The third-order valence-electron chi connectivity index (χ3n) is 2.98. The van der Waals surface area contributed by atoms with Crippen LogP contribution in [0.4, 0.5) is 5.69 Å². The van der Waals surface area contributed by atoms with Crippen LogP contribution < -0.4 is 14.9 Å². The molecular formula is C18H21ClN2O2. The largest absolute Gasteiger partial charge is 0.490 e. The van der Waals surface area contributed by atoms with Gasteiger partial charge in [-0.3, -0.25) is 5.43 Å². The molecule has 2 aromatic carbocycles. The van der Waals surface area contributed by atoms with Gasteiger partial charge in [-0.1, -0.05) is 18.5 Å². The van der Waals surface area contributed by atoms with Gasteiger partial charge >= 0.3 is 0 Å². The minimum absolute atomic E-state index is 0.589. The quantitative estimate of drug-likeness (QED) is 0.548. The van der Waals surface area contributed by atoms with Crippen LogP contribution in [0.1, 0.15) is 25.8 Å². The highest BCUT2D eigenvalue weighted by Crippen LogP contribution is 2.28. The molecule has 0 amide bonds. The normalized spacial score (nSPS) is 10.7. The molecule has 2 rings (SSSR count). The highest BCUT2D eigenvalue weighted by Gasteiger charge is 2.05. The molecular weight excluding hydrogens is 312 g/mol. The van der Waals surface area contributed by atoms with Crippen molar-refractivity contribution in [2.24, 2.45) is 5.10 Å². The highest BCUT2D eigenvalue weighted by molar-refractivity contribution is 6.30. The topological polar surface area (TPSA) is 42.8 Å². The molecule has 0 bridgehead atoms. The molecule has 0 aromatic heterocycles. The van der Waals surface area contributed by atoms with Crippen LogP contribution >= 0.6 is 11.6 Å². The fraction of sp³-hybridized carbons (Fsp3) is 0.278. The minimum Gasteiger partial charge on any atom is -0.490 e. The minimum atomic E-state index is 0.589. The molecule has 0 radical (unpaired) electrons. The van der Waals surface area contributed by atoms with E-state index in [4.69, 9.17) is 21.1 Å². The number of hydrazone groups is 1. The lowest BCUT2D eigenvalue weighted by Gasteiger charge is -2.11. The summed E-state index contributed by atoms with van der Waals surface area (Å²) in [6.07, 6.45) is 2.69. The lowest BCUT2D eigenvalue weighted by Crippen LogP contribution is -2.00. The number of hydrogen-bond donors (Lipinski definition) is 1. The molecule has 122 valence electrons. The number of halogens is 1. The van der Waals surface area contributed by atoms with Gasteiger partial charge < -0.3 is 9.47 Å². The first-order valence-electron chi connectivity index (χ1n) is 7.67. The maximum absolute atomic E-state index is 5.85. The van der Waals surface area contributed by atoms with Gasteiger partial charge in [-0.2, -0.15) is 5.10 Å². The van der Waals surface area contributed by atoms with Crippen LogP contribution in [0, 0.1) is 0 Å². The second-order valence-electron chi connectivity index (χ2n) is 4.86. The van der Waals surface area contributed by atoms with Crippen LogP contribution in [0.15, 0.2) is 47.6 Å². The number of rotatable bonds is 8. The molecule has 0 aliphatic carbocycles. The van der Waals surface area contributed by atoms with Crippen molar-refractivity contribution in [3.8, 4) is 11.5 Å². The maximum atomic E-state index is 5.85. The Bertz CT molecular complexity index is 642. The lowest BCUT2D eigenvalue weighted by atomic mass is 10.2. The highest BCUT2D eigenvalue weighted by atomic mass is 35.5. The van der Waals surface area contributed by atoms with E-state index < -0.39 is 0 Å². The van der Waals surface area contributed by atoms with E-state index in [-0.39, 0.29) is 0 Å². The summed E-state index contributed by atoms with van der Waals surface area (Å²) in [6, 6.07) is 13.1. The molecule has 0 fully saturated rings. The summed E-state index contributed by atoms with van der Waals surface area (Å²) < 4.78 is 11.3. The molecule has 0 atom stereocenters. The summed E-state index contributed by atoms with van der Waals surface area (Å²) in [5.41, 5.74) is 4.76. The monoisotopic (exact) mass is 332 g/mol. The van der Waals surface area contributed by atoms with E-state index in [1.807, 2.05) is 49.4 Å². The third kappa shape index (κ3) is 5.49. The molecule has 0 spiro atoms. The fourth-order valence-electron chi connectivity index (χ4n) is 1.91. The molecule has 0 unspecified atom stereocenters. The first-order valence-corrected chi connectivity index (χ1v) is 8.05. The van der Waals surface area contributed by atoms with Crippen molar-refractivity contribution >= 4 is 23.5 Å². The maximum Gasteiger partial charge on any atom is 0.161 e. The van der Waals surface area contributed by atoms with Gasteiger partial charge in [-0.05, 0) is 61.4 Å². The summed E-state index contributed by atoms with van der Waals surface area (Å²) in [6.45, 7) is 5.29. The Balaban J connectivity index is 2.05. The first-order chi connectivity index (χ1) is 11.2. The molecule has 2 aromatic rings. The van der Waals surface area contributed by atoms with E-state index in [2.05, 4.69) is 17.5 Å². The summed E-state index contributed by atoms with van der Waals surface area (Å²) in [7, 11) is 0. The lowest BCUT2D eigenvalue weighted by molar-refractivity contribution is 0.277. The van der Waals surface area contributed by atoms with Crippen LogP contribution in [0.3, 0.4) is 0 Å². The van der Waals surface area contributed by atoms with Crippen molar-refractivity contribution in [2.75, 3.05) is 18.6 Å². The Morgan fingerprint density at radius 1 is 1.04 bits per heavy atom. The van der Waals surface area contributed by atoms with Crippen molar-refractivity contribution in [1.82, 2.24) is 0 Å². The Morgan fingerprint density at radius 2 is 1.83 bits per heavy atom. The SMILES string of the molecule is CCCOc1ccc(/C=N/Nc2ccc(Cl)cc2)cc1OCC. The van der Waals surface area contributed by atoms with Gasteiger partial charge in [-0.25, -0.2) is 0 Å². The van der Waals surface area contributed by atoms with Crippen molar-refractivity contribution in [1.29, 1.82) is 0 Å². The van der Waals surface area contributed by atoms with Gasteiger partial charge in [0.05, 0.1) is 25.1 Å². The third-order valence-corrected chi connectivity index (χ3v) is 3.23. The van der Waals surface area contributed by atoms with Crippen LogP contribution in [-0.2, 0) is 0 Å². The van der Waals surface area contributed by atoms with E-state index >= 15 is 0 Å². The summed E-state index contributed by atoms with van der Waals surface area (Å²) in [5, 5.41) is 4.92. The van der Waals surface area contributed by atoms with E-state index in [0.717, 1.165) is 29.2 Å². The smallest absolute Gasteiger partial charge is 0.161 e. The molecule has 0 heterocycles. The average molecular weight is 333 g/mol.